The van der Waals surface area contributed by atoms with Crippen LogP contribution < -0.4 is 35.4 Å². The summed E-state index contributed by atoms with van der Waals surface area (Å²) in [6.45, 7) is 2.74. The number of rotatable bonds is 8. The topological polar surface area (TPSA) is 202 Å². The Morgan fingerprint density at radius 1 is 0.383 bits per heavy atom. The van der Waals surface area contributed by atoms with Crippen molar-refractivity contribution in [1.29, 1.82) is 0 Å². The van der Waals surface area contributed by atoms with Gasteiger partial charge in [0.05, 0.1) is 70.3 Å². The van der Waals surface area contributed by atoms with Crippen molar-refractivity contribution in [2.45, 2.75) is 26.2 Å². The third-order valence-electron chi connectivity index (χ3n) is 6.92. The molecule has 4 heterocycles. The molecule has 10 N–H and O–H groups in total. The van der Waals surface area contributed by atoms with E-state index in [2.05, 4.69) is 50.5 Å². The number of aromatic nitrogens is 8. The van der Waals surface area contributed by atoms with Crippen molar-refractivity contribution >= 4 is 44.1 Å². The first-order valence-electron chi connectivity index (χ1n) is 13.9. The molecule has 8 aromatic rings. The molecule has 0 unspecified atom stereocenters. The molecule has 0 spiro atoms. The molecular weight excluding hydrogens is 691 g/mol. The van der Waals surface area contributed by atoms with Gasteiger partial charge >= 0.3 is 17.1 Å². The van der Waals surface area contributed by atoms with Crippen LogP contribution in [0.25, 0.3) is 44.1 Å². The molecule has 0 aliphatic carbocycles. The quantitative estimate of drug-likeness (QED) is 0.0962. The first-order chi connectivity index (χ1) is 20.8. The summed E-state index contributed by atoms with van der Waals surface area (Å²) >= 11 is 0. The number of para-hydroxylation sites is 8. The van der Waals surface area contributed by atoms with Crippen molar-refractivity contribution in [1.82, 2.24) is 50.5 Å². The number of benzene rings is 4. The number of hydrogen-bond acceptors (Lipinski definition) is 6. The summed E-state index contributed by atoms with van der Waals surface area (Å²) in [6.07, 6.45) is 0. The summed E-state index contributed by atoms with van der Waals surface area (Å²) in [5.74, 6) is 3.75. The second kappa shape index (κ2) is 18.1. The van der Waals surface area contributed by atoms with Crippen molar-refractivity contribution in [3.8, 4) is 0 Å². The van der Waals surface area contributed by atoms with Crippen molar-refractivity contribution in [2.24, 2.45) is 0 Å². The maximum Gasteiger partial charge on any atom is 2.00 e. The van der Waals surface area contributed by atoms with Crippen LogP contribution in [0.4, 0.5) is 0 Å². The Morgan fingerprint density at radius 3 is 0.809 bits per heavy atom. The predicted octanol–water partition coefficient (Wildman–Crippen LogP) is -2.19. The second-order valence-electron chi connectivity index (χ2n) is 10.0. The first kappa shape index (κ1) is 38.9. The number of halogens is 2. The van der Waals surface area contributed by atoms with E-state index in [1.165, 1.54) is 0 Å². The minimum absolute atomic E-state index is 0. The van der Waals surface area contributed by atoms with Crippen LogP contribution in [0, 0.1) is 0 Å². The zero-order chi connectivity index (χ0) is 28.1. The maximum atomic E-state index is 4.54. The van der Waals surface area contributed by atoms with E-state index in [0.29, 0.717) is 26.2 Å². The molecular formula is C32H34Cl2CuN10O2. The van der Waals surface area contributed by atoms with E-state index in [1.54, 1.807) is 0 Å². The summed E-state index contributed by atoms with van der Waals surface area (Å²) in [6, 6.07) is 32.2. The number of aromatic amines is 4. The number of hydrogen-bond donors (Lipinski definition) is 6. The SMILES string of the molecule is O.O.[Cl-].[Cl-].[Cu+2].c1ccc2[nH]c(CNCc3nc4ccccc4[nH]3)nc2c1.c1ccc2[nH]c(CNCc3nc4ccccc4[nH]3)nc2c1. The van der Waals surface area contributed by atoms with Crippen LogP contribution in [-0.2, 0) is 43.2 Å². The Labute approximate surface area is 292 Å². The summed E-state index contributed by atoms with van der Waals surface area (Å²) < 4.78 is 0. The molecule has 0 aliphatic heterocycles. The molecule has 8 rings (SSSR count). The van der Waals surface area contributed by atoms with Crippen molar-refractivity contribution < 1.29 is 52.8 Å². The number of nitrogens with zero attached hydrogens (tertiary/aromatic N) is 4. The largest absolute Gasteiger partial charge is 2.00 e. The minimum atomic E-state index is 0. The first-order valence-corrected chi connectivity index (χ1v) is 13.9. The standard InChI is InChI=1S/2C16H15N5.2ClH.Cu.2H2O/c2*1-2-6-12-11(5-1)18-15(19-12)9-17-10-16-20-13-7-3-4-8-14(13)21-16;;;;;/h2*1-8,17H,9-10H2,(H,18,19)(H,20,21);2*1H;;2*1H2/q;;;;+2;;/p-2. The van der Waals surface area contributed by atoms with Crippen LogP contribution in [-0.4, -0.2) is 50.8 Å². The van der Waals surface area contributed by atoms with Gasteiger partial charge in [-0.05, 0) is 48.5 Å². The van der Waals surface area contributed by atoms with E-state index in [1.807, 2.05) is 97.1 Å². The monoisotopic (exact) mass is 723 g/mol. The van der Waals surface area contributed by atoms with Gasteiger partial charge in [0.2, 0.25) is 0 Å². The van der Waals surface area contributed by atoms with E-state index >= 15 is 0 Å². The molecule has 15 heteroatoms. The summed E-state index contributed by atoms with van der Waals surface area (Å²) in [5, 5.41) is 6.70. The smallest absolute Gasteiger partial charge is 1.00 e. The number of H-pyrrole nitrogens is 4. The van der Waals surface area contributed by atoms with Gasteiger partial charge in [0, 0.05) is 0 Å². The average molecular weight is 725 g/mol. The van der Waals surface area contributed by atoms with E-state index < -0.39 is 0 Å². The Bertz CT molecular complexity index is 1680. The zero-order valence-electron chi connectivity index (χ0n) is 24.9. The average Bonchev–Trinajstić information content (AvgIpc) is 3.80. The fraction of sp³-hybridized carbons (Fsp3) is 0.125. The molecule has 0 atom stereocenters. The minimum Gasteiger partial charge on any atom is -1.00 e. The Hall–Kier alpha value is -4.30. The summed E-state index contributed by atoms with van der Waals surface area (Å²) in [7, 11) is 0. The predicted molar refractivity (Wildman–Crippen MR) is 173 cm³/mol. The van der Waals surface area contributed by atoms with E-state index in [9.17, 15) is 0 Å². The third kappa shape index (κ3) is 9.38. The fourth-order valence-electron chi connectivity index (χ4n) is 4.96. The van der Waals surface area contributed by atoms with Gasteiger partial charge in [0.1, 0.15) is 23.3 Å². The normalized spacial score (nSPS) is 10.2. The van der Waals surface area contributed by atoms with E-state index in [4.69, 9.17) is 0 Å². The molecule has 0 amide bonds. The zero-order valence-corrected chi connectivity index (χ0v) is 27.4. The molecule has 0 saturated carbocycles. The van der Waals surface area contributed by atoms with Gasteiger partial charge in [0.25, 0.3) is 0 Å². The van der Waals surface area contributed by atoms with Crippen LogP contribution in [0.3, 0.4) is 0 Å². The Morgan fingerprint density at radius 2 is 0.596 bits per heavy atom. The molecule has 4 aromatic carbocycles. The van der Waals surface area contributed by atoms with Crippen molar-refractivity contribution in [3.05, 3.63) is 120 Å². The van der Waals surface area contributed by atoms with Crippen molar-refractivity contribution in [2.75, 3.05) is 0 Å². The van der Waals surface area contributed by atoms with Crippen molar-refractivity contribution in [3.63, 3.8) is 0 Å². The van der Waals surface area contributed by atoms with E-state index in [0.717, 1.165) is 67.4 Å². The molecule has 0 saturated heterocycles. The molecule has 47 heavy (non-hydrogen) atoms. The number of imidazole rings is 4. The van der Waals surface area contributed by atoms with Gasteiger partial charge in [-0.3, -0.25) is 0 Å². The van der Waals surface area contributed by atoms with Gasteiger partial charge < -0.3 is 66.3 Å². The molecule has 0 fully saturated rings. The van der Waals surface area contributed by atoms with Gasteiger partial charge in [0.15, 0.2) is 0 Å². The van der Waals surface area contributed by atoms with Gasteiger partial charge in [-0.2, -0.15) is 0 Å². The Balaban J connectivity index is 0.000000295. The summed E-state index contributed by atoms with van der Waals surface area (Å²) in [4.78, 5) is 31.4. The molecule has 0 bridgehead atoms. The second-order valence-corrected chi connectivity index (χ2v) is 10.0. The van der Waals surface area contributed by atoms with Crippen LogP contribution in [0.15, 0.2) is 97.1 Å². The summed E-state index contributed by atoms with van der Waals surface area (Å²) in [5.41, 5.74) is 8.26. The van der Waals surface area contributed by atoms with Gasteiger partial charge in [-0.15, -0.1) is 0 Å². The molecule has 0 aliphatic rings. The van der Waals surface area contributed by atoms with Crippen LogP contribution >= 0.6 is 0 Å². The van der Waals surface area contributed by atoms with Crippen LogP contribution in [0.1, 0.15) is 23.3 Å². The molecule has 1 radical (unpaired) electrons. The van der Waals surface area contributed by atoms with Gasteiger partial charge in [-0.25, -0.2) is 19.9 Å². The third-order valence-corrected chi connectivity index (χ3v) is 6.92. The Kier molecular flexibility index (Phi) is 15.0. The number of fused-ring (bicyclic) bond motifs is 4. The number of nitrogens with one attached hydrogen (secondary N) is 6. The maximum absolute atomic E-state index is 4.54. The molecule has 4 aromatic heterocycles. The van der Waals surface area contributed by atoms with Crippen LogP contribution in [0.5, 0.6) is 0 Å². The van der Waals surface area contributed by atoms with Gasteiger partial charge in [-0.1, -0.05) is 48.5 Å². The van der Waals surface area contributed by atoms with Crippen LogP contribution in [0.2, 0.25) is 0 Å². The molecule has 12 nitrogen and oxygen atoms in total. The fourth-order valence-corrected chi connectivity index (χ4v) is 4.96. The molecule has 249 valence electrons. The van der Waals surface area contributed by atoms with E-state index in [-0.39, 0.29) is 52.8 Å².